The number of unbranched alkanes of at least 4 members (excludes halogenated alkanes) is 1. The number of aryl methyl sites for hydroxylation is 1. The fourth-order valence-electron chi connectivity index (χ4n) is 5.24. The van der Waals surface area contributed by atoms with Crippen molar-refractivity contribution >= 4 is 23.0 Å². The molecule has 0 radical (unpaired) electrons. The van der Waals surface area contributed by atoms with E-state index in [9.17, 15) is 14.4 Å². The van der Waals surface area contributed by atoms with Gasteiger partial charge in [-0.3, -0.25) is 9.59 Å². The number of likely N-dealkylation sites (tertiary alicyclic amines) is 1. The van der Waals surface area contributed by atoms with E-state index in [2.05, 4.69) is 11.5 Å². The summed E-state index contributed by atoms with van der Waals surface area (Å²) in [7, 11) is 0. The van der Waals surface area contributed by atoms with E-state index in [4.69, 9.17) is 9.84 Å². The van der Waals surface area contributed by atoms with Crippen molar-refractivity contribution in [2.45, 2.75) is 45.6 Å². The van der Waals surface area contributed by atoms with Crippen molar-refractivity contribution < 1.29 is 19.4 Å². The third-order valence-corrected chi connectivity index (χ3v) is 7.30. The molecule has 39 heavy (non-hydrogen) atoms. The lowest BCUT2D eigenvalue weighted by atomic mass is 10.0. The second-order valence-corrected chi connectivity index (χ2v) is 10.0. The van der Waals surface area contributed by atoms with Gasteiger partial charge >= 0.3 is 6.16 Å². The standard InChI is InChI=1S/C32H32N2O5/c1-2-3-8-25-21-34(28-19-24(15-16-27(28)30(25)35)31(36)33-17-6-7-18-33)20-22-11-13-23(14-12-22)26-9-4-5-10-29(26)39-32(37)38/h4-5,9-16,19,21H,2-3,6-8,17-18,20H2,1H3,(H,37,38). The largest absolute Gasteiger partial charge is 0.511 e. The van der Waals surface area contributed by atoms with Crippen LogP contribution in [0.3, 0.4) is 0 Å². The predicted octanol–water partition coefficient (Wildman–Crippen LogP) is 6.35. The quantitative estimate of drug-likeness (QED) is 0.214. The molecule has 200 valence electrons. The Morgan fingerprint density at radius 3 is 2.44 bits per heavy atom. The summed E-state index contributed by atoms with van der Waals surface area (Å²) in [6, 6.07) is 20.3. The van der Waals surface area contributed by atoms with Crippen LogP contribution in [0.5, 0.6) is 5.75 Å². The summed E-state index contributed by atoms with van der Waals surface area (Å²) in [5.74, 6) is 0.287. The van der Waals surface area contributed by atoms with E-state index >= 15 is 0 Å². The highest BCUT2D eigenvalue weighted by molar-refractivity contribution is 5.98. The van der Waals surface area contributed by atoms with Crippen molar-refractivity contribution in [3.05, 3.63) is 99.8 Å². The number of ether oxygens (including phenoxy) is 1. The monoisotopic (exact) mass is 524 g/mol. The first kappa shape index (κ1) is 26.2. The first-order valence-corrected chi connectivity index (χ1v) is 13.5. The van der Waals surface area contributed by atoms with Crippen molar-refractivity contribution in [2.75, 3.05) is 13.1 Å². The first-order valence-electron chi connectivity index (χ1n) is 13.5. The summed E-state index contributed by atoms with van der Waals surface area (Å²) in [6.45, 7) is 4.17. The molecule has 5 rings (SSSR count). The number of amides is 1. The van der Waals surface area contributed by atoms with Gasteiger partial charge in [0.2, 0.25) is 0 Å². The van der Waals surface area contributed by atoms with Crippen molar-refractivity contribution in [1.82, 2.24) is 9.47 Å². The Morgan fingerprint density at radius 2 is 1.72 bits per heavy atom. The van der Waals surface area contributed by atoms with E-state index < -0.39 is 6.16 Å². The van der Waals surface area contributed by atoms with Crippen molar-refractivity contribution in [3.63, 3.8) is 0 Å². The predicted molar refractivity (Wildman–Crippen MR) is 152 cm³/mol. The Morgan fingerprint density at radius 1 is 0.974 bits per heavy atom. The number of para-hydroxylation sites is 1. The smallest absolute Gasteiger partial charge is 0.449 e. The fraction of sp³-hybridized carbons (Fsp3) is 0.281. The van der Waals surface area contributed by atoms with Gasteiger partial charge in [0.25, 0.3) is 5.91 Å². The van der Waals surface area contributed by atoms with E-state index in [1.165, 1.54) is 0 Å². The molecule has 1 fully saturated rings. The van der Waals surface area contributed by atoms with E-state index in [1.54, 1.807) is 24.3 Å². The molecule has 7 nitrogen and oxygen atoms in total. The topological polar surface area (TPSA) is 88.8 Å². The third-order valence-electron chi connectivity index (χ3n) is 7.30. The van der Waals surface area contributed by atoms with Crippen LogP contribution in [-0.2, 0) is 13.0 Å². The van der Waals surface area contributed by atoms with Crippen LogP contribution in [0.25, 0.3) is 22.0 Å². The van der Waals surface area contributed by atoms with Crippen LogP contribution >= 0.6 is 0 Å². The summed E-state index contributed by atoms with van der Waals surface area (Å²) < 4.78 is 7.02. The third kappa shape index (κ3) is 5.72. The number of nitrogens with zero attached hydrogens (tertiary/aromatic N) is 2. The van der Waals surface area contributed by atoms with Gasteiger partial charge in [-0.15, -0.1) is 0 Å². The number of hydrogen-bond donors (Lipinski definition) is 1. The van der Waals surface area contributed by atoms with Crippen molar-refractivity contribution in [2.24, 2.45) is 0 Å². The summed E-state index contributed by atoms with van der Waals surface area (Å²) in [4.78, 5) is 39.4. The fourth-order valence-corrected chi connectivity index (χ4v) is 5.24. The Balaban J connectivity index is 1.51. The number of benzene rings is 3. The first-order chi connectivity index (χ1) is 18.9. The molecule has 4 aromatic rings. The molecular weight excluding hydrogens is 492 g/mol. The number of hydrogen-bond acceptors (Lipinski definition) is 4. The van der Waals surface area contributed by atoms with Gasteiger partial charge in [0.05, 0.1) is 5.52 Å². The summed E-state index contributed by atoms with van der Waals surface area (Å²) in [5, 5.41) is 9.70. The highest BCUT2D eigenvalue weighted by atomic mass is 16.7. The van der Waals surface area contributed by atoms with Gasteiger partial charge in [-0.2, -0.15) is 0 Å². The lowest BCUT2D eigenvalue weighted by molar-refractivity contribution is 0.0793. The van der Waals surface area contributed by atoms with E-state index in [0.29, 0.717) is 29.5 Å². The average molecular weight is 525 g/mol. The molecule has 1 aliphatic rings. The van der Waals surface area contributed by atoms with Gasteiger partial charge in [0.1, 0.15) is 5.75 Å². The number of aromatic nitrogens is 1. The molecule has 1 N–H and O–H groups in total. The van der Waals surface area contributed by atoms with Crippen LogP contribution < -0.4 is 10.2 Å². The molecule has 7 heteroatoms. The Labute approximate surface area is 227 Å². The van der Waals surface area contributed by atoms with Gasteiger partial charge in [-0.05, 0) is 61.1 Å². The number of rotatable bonds is 8. The zero-order chi connectivity index (χ0) is 27.4. The molecule has 2 heterocycles. The second-order valence-electron chi connectivity index (χ2n) is 10.0. The summed E-state index contributed by atoms with van der Waals surface area (Å²) in [5.41, 5.74) is 4.69. The number of carboxylic acid groups (broad SMARTS) is 1. The minimum Gasteiger partial charge on any atom is -0.449 e. The maximum atomic E-state index is 13.3. The maximum absolute atomic E-state index is 13.3. The van der Waals surface area contributed by atoms with Crippen molar-refractivity contribution in [3.8, 4) is 16.9 Å². The Kier molecular flexibility index (Phi) is 7.77. The zero-order valence-corrected chi connectivity index (χ0v) is 22.1. The van der Waals surface area contributed by atoms with Crippen molar-refractivity contribution in [1.29, 1.82) is 0 Å². The summed E-state index contributed by atoms with van der Waals surface area (Å²) >= 11 is 0. The maximum Gasteiger partial charge on any atom is 0.511 e. The molecule has 0 saturated carbocycles. The van der Waals surface area contributed by atoms with Crippen LogP contribution in [-0.4, -0.2) is 39.7 Å². The normalized spacial score (nSPS) is 13.1. The molecule has 0 spiro atoms. The average Bonchev–Trinajstić information content (AvgIpc) is 3.49. The lowest BCUT2D eigenvalue weighted by Gasteiger charge is -2.18. The minimum absolute atomic E-state index is 0.00931. The SMILES string of the molecule is CCCCc1cn(Cc2ccc(-c3ccccc3OC(=O)O)cc2)c2cc(C(=O)N3CCCC3)ccc2c1=O. The lowest BCUT2D eigenvalue weighted by Crippen LogP contribution is -2.27. The van der Waals surface area contributed by atoms with E-state index in [1.807, 2.05) is 53.6 Å². The van der Waals surface area contributed by atoms with Crippen LogP contribution in [0.2, 0.25) is 0 Å². The van der Waals surface area contributed by atoms with Gasteiger partial charge < -0.3 is 19.3 Å². The van der Waals surface area contributed by atoms with E-state index in [0.717, 1.165) is 61.0 Å². The molecule has 0 atom stereocenters. The minimum atomic E-state index is -1.36. The van der Waals surface area contributed by atoms with Gasteiger partial charge in [0, 0.05) is 47.9 Å². The van der Waals surface area contributed by atoms with Crippen LogP contribution in [0.4, 0.5) is 4.79 Å². The van der Waals surface area contributed by atoms with Gasteiger partial charge in [-0.25, -0.2) is 4.79 Å². The van der Waals surface area contributed by atoms with Gasteiger partial charge in [-0.1, -0.05) is 55.8 Å². The molecule has 1 amide bonds. The molecule has 0 unspecified atom stereocenters. The molecule has 1 saturated heterocycles. The van der Waals surface area contributed by atoms with Crippen LogP contribution in [0.15, 0.2) is 77.7 Å². The molecule has 1 aromatic heterocycles. The van der Waals surface area contributed by atoms with E-state index in [-0.39, 0.29) is 17.1 Å². The molecule has 1 aliphatic heterocycles. The van der Waals surface area contributed by atoms with Gasteiger partial charge in [0.15, 0.2) is 5.43 Å². The zero-order valence-electron chi connectivity index (χ0n) is 22.1. The molecule has 0 bridgehead atoms. The highest BCUT2D eigenvalue weighted by Gasteiger charge is 2.21. The number of carbonyl (C=O) groups excluding carboxylic acids is 1. The molecule has 0 aliphatic carbocycles. The number of fused-ring (bicyclic) bond motifs is 1. The number of pyridine rings is 1. The molecular formula is C32H32N2O5. The summed E-state index contributed by atoms with van der Waals surface area (Å²) in [6.07, 6.45) is 5.26. The van der Waals surface area contributed by atoms with Crippen LogP contribution in [0, 0.1) is 0 Å². The highest BCUT2D eigenvalue weighted by Crippen LogP contribution is 2.30. The van der Waals surface area contributed by atoms with Crippen LogP contribution in [0.1, 0.15) is 54.1 Å². The Bertz CT molecular complexity index is 1570. The number of carbonyl (C=O) groups is 2. The molecule has 3 aromatic carbocycles. The Hall–Kier alpha value is -4.39. The second kappa shape index (κ2) is 11.6.